The van der Waals surface area contributed by atoms with Crippen LogP contribution in [0.15, 0.2) is 78.3 Å². The van der Waals surface area contributed by atoms with E-state index in [2.05, 4.69) is 0 Å². The highest BCUT2D eigenvalue weighted by Gasteiger charge is 2.27. The number of aliphatic hydroxyl groups is 2. The quantitative estimate of drug-likeness (QED) is 0.383. The Morgan fingerprint density at radius 2 is 2.03 bits per heavy atom. The summed E-state index contributed by atoms with van der Waals surface area (Å²) in [6.45, 7) is 1.23. The molecule has 0 aliphatic carbocycles. The van der Waals surface area contributed by atoms with Crippen molar-refractivity contribution in [1.82, 2.24) is 5.39 Å². The predicted molar refractivity (Wildman–Crippen MR) is 136 cm³/mol. The van der Waals surface area contributed by atoms with Crippen LogP contribution < -0.4 is 10.6 Å². The molecule has 11 heteroatoms. The second kappa shape index (κ2) is 14.1. The van der Waals surface area contributed by atoms with Crippen LogP contribution in [0.1, 0.15) is 35.7 Å². The highest BCUT2D eigenvalue weighted by Crippen LogP contribution is 2.27. The predicted octanol–water partition coefficient (Wildman–Crippen LogP) is 2.33. The topological polar surface area (TPSA) is 150 Å². The van der Waals surface area contributed by atoms with Crippen LogP contribution in [0, 0.1) is 0 Å². The maximum absolute atomic E-state index is 13.5. The number of aliphatic hydroxyl groups excluding tert-OH is 2. The van der Waals surface area contributed by atoms with E-state index in [9.17, 15) is 19.8 Å². The monoisotopic (exact) mass is 528 g/mol. The molecule has 2 bridgehead atoms. The molecule has 2 heterocycles. The summed E-state index contributed by atoms with van der Waals surface area (Å²) in [5, 5.41) is 20.8. The molecule has 0 radical (unpaired) electrons. The SMILES string of the molecule is CON1O\C=C/C=C(N)/C=C/CC2CC(=O)OC(CO)/C=C/C(O)/C(C)=C\Cc3cccc(c3C(=O)O2)O1. The molecule has 2 aliphatic rings. The molecule has 3 rings (SSSR count). The number of esters is 2. The van der Waals surface area contributed by atoms with E-state index in [0.29, 0.717) is 22.2 Å². The van der Waals surface area contributed by atoms with Gasteiger partial charge in [-0.25, -0.2) is 9.63 Å². The van der Waals surface area contributed by atoms with Crippen LogP contribution in [-0.4, -0.2) is 59.6 Å². The number of carbonyl (C=O) groups excluding carboxylic acids is 2. The minimum atomic E-state index is -1.01. The Kier molecular flexibility index (Phi) is 10.7. The van der Waals surface area contributed by atoms with Gasteiger partial charge >= 0.3 is 11.9 Å². The van der Waals surface area contributed by atoms with Gasteiger partial charge in [0.05, 0.1) is 26.2 Å². The highest BCUT2D eigenvalue weighted by atomic mass is 17.2. The second-order valence-electron chi connectivity index (χ2n) is 8.45. The number of rotatable bonds is 2. The van der Waals surface area contributed by atoms with Gasteiger partial charge in [0.15, 0.2) is 11.1 Å². The van der Waals surface area contributed by atoms with Gasteiger partial charge in [-0.1, -0.05) is 30.4 Å². The first kappa shape index (κ1) is 28.7. The standard InChI is InChI=1S/C27H32N2O9/c1-18-11-12-19-6-3-10-24-26(19)27(33)37-21(16-25(32)36-22(17-30)13-14-23(18)31)9-4-7-20(28)8-5-15-35-29(34-2)38-24/h3-8,10-11,13-15,21-23,30-31H,9,12,16-17,28H2,1-2H3/b7-4+,14-13+,15-5-,18-11-,20-8-. The molecule has 3 unspecified atom stereocenters. The molecule has 0 fully saturated rings. The van der Waals surface area contributed by atoms with Crippen molar-refractivity contribution in [3.8, 4) is 5.75 Å². The first-order valence-corrected chi connectivity index (χ1v) is 11.9. The van der Waals surface area contributed by atoms with Gasteiger partial charge in [0.25, 0.3) is 0 Å². The van der Waals surface area contributed by atoms with E-state index >= 15 is 0 Å². The van der Waals surface area contributed by atoms with E-state index < -0.39 is 36.9 Å². The minimum absolute atomic E-state index is 0.0701. The average Bonchev–Trinajstić information content (AvgIpc) is 2.90. The zero-order valence-electron chi connectivity index (χ0n) is 21.2. The molecule has 3 atom stereocenters. The van der Waals surface area contributed by atoms with E-state index in [1.165, 1.54) is 37.7 Å². The lowest BCUT2D eigenvalue weighted by Crippen LogP contribution is -2.28. The fourth-order valence-corrected chi connectivity index (χ4v) is 3.58. The lowest BCUT2D eigenvalue weighted by Gasteiger charge is -2.21. The molecular formula is C27H32N2O9. The fourth-order valence-electron chi connectivity index (χ4n) is 3.58. The van der Waals surface area contributed by atoms with Crippen molar-refractivity contribution in [1.29, 1.82) is 0 Å². The number of carbonyl (C=O) groups is 2. The third-order valence-electron chi connectivity index (χ3n) is 5.61. The summed E-state index contributed by atoms with van der Waals surface area (Å²) in [5.41, 5.74) is 7.51. The normalized spacial score (nSPS) is 29.1. The van der Waals surface area contributed by atoms with Gasteiger partial charge < -0.3 is 35.1 Å². The third kappa shape index (κ3) is 8.32. The van der Waals surface area contributed by atoms with Crippen LogP contribution in [0.2, 0.25) is 0 Å². The van der Waals surface area contributed by atoms with Gasteiger partial charge in [0.2, 0.25) is 0 Å². The Morgan fingerprint density at radius 1 is 1.21 bits per heavy atom. The number of allylic oxidation sites excluding steroid dienone is 4. The molecule has 0 saturated heterocycles. The summed E-state index contributed by atoms with van der Waals surface area (Å²) >= 11 is 0. The largest absolute Gasteiger partial charge is 0.458 e. The van der Waals surface area contributed by atoms with Crippen LogP contribution in [0.25, 0.3) is 0 Å². The third-order valence-corrected chi connectivity index (χ3v) is 5.61. The number of benzene rings is 1. The van der Waals surface area contributed by atoms with Gasteiger partial charge in [-0.2, -0.15) is 0 Å². The van der Waals surface area contributed by atoms with E-state index in [0.717, 1.165) is 0 Å². The van der Waals surface area contributed by atoms with Crippen LogP contribution in [-0.2, 0) is 30.4 Å². The van der Waals surface area contributed by atoms with Crippen molar-refractivity contribution in [2.75, 3.05) is 13.7 Å². The molecule has 204 valence electrons. The average molecular weight is 529 g/mol. The number of nitrogens with two attached hydrogens (primary N) is 1. The lowest BCUT2D eigenvalue weighted by molar-refractivity contribution is -0.462. The van der Waals surface area contributed by atoms with E-state index in [1.807, 2.05) is 0 Å². The van der Waals surface area contributed by atoms with Crippen molar-refractivity contribution in [3.05, 3.63) is 89.4 Å². The van der Waals surface area contributed by atoms with Crippen molar-refractivity contribution in [3.63, 3.8) is 0 Å². The van der Waals surface area contributed by atoms with Crippen LogP contribution in [0.3, 0.4) is 0 Å². The summed E-state index contributed by atoms with van der Waals surface area (Å²) < 4.78 is 11.1. The van der Waals surface area contributed by atoms with Crippen LogP contribution in [0.4, 0.5) is 0 Å². The van der Waals surface area contributed by atoms with Gasteiger partial charge in [0, 0.05) is 12.1 Å². The molecule has 4 N–H and O–H groups in total. The van der Waals surface area contributed by atoms with Crippen molar-refractivity contribution in [2.45, 2.75) is 44.5 Å². The van der Waals surface area contributed by atoms with Crippen molar-refractivity contribution < 1.29 is 43.8 Å². The first-order chi connectivity index (χ1) is 18.3. The summed E-state index contributed by atoms with van der Waals surface area (Å²) in [4.78, 5) is 42.3. The molecular weight excluding hydrogens is 496 g/mol. The van der Waals surface area contributed by atoms with E-state index in [1.54, 1.807) is 43.4 Å². The Morgan fingerprint density at radius 3 is 2.79 bits per heavy atom. The zero-order valence-corrected chi connectivity index (χ0v) is 21.2. The number of cyclic esters (lactones) is 1. The van der Waals surface area contributed by atoms with Crippen LogP contribution >= 0.6 is 0 Å². The van der Waals surface area contributed by atoms with E-state index in [4.69, 9.17) is 29.7 Å². The Bertz CT molecular complexity index is 1140. The van der Waals surface area contributed by atoms with Gasteiger partial charge in [-0.05, 0) is 54.9 Å². The molecule has 1 aromatic carbocycles. The number of nitrogens with zero attached hydrogens (tertiary/aromatic N) is 1. The minimum Gasteiger partial charge on any atom is -0.458 e. The number of hydrogen-bond donors (Lipinski definition) is 3. The summed E-state index contributed by atoms with van der Waals surface area (Å²) in [5.74, 6) is -1.39. The molecule has 0 aromatic heterocycles. The zero-order chi connectivity index (χ0) is 27.5. The number of fused-ring (bicyclic) bond motifs is 2. The Labute approximate surface area is 220 Å². The van der Waals surface area contributed by atoms with Gasteiger partial charge in [0.1, 0.15) is 24.0 Å². The molecule has 38 heavy (non-hydrogen) atoms. The number of ether oxygens (including phenoxy) is 2. The molecule has 1 aromatic rings. The maximum atomic E-state index is 13.5. The van der Waals surface area contributed by atoms with Crippen molar-refractivity contribution in [2.24, 2.45) is 5.73 Å². The Hall–Kier alpha value is -3.90. The first-order valence-electron chi connectivity index (χ1n) is 11.9. The van der Waals surface area contributed by atoms with Gasteiger partial charge in [-0.3, -0.25) is 4.79 Å². The second-order valence-corrected chi connectivity index (χ2v) is 8.45. The molecule has 2 aliphatic heterocycles. The molecule has 0 amide bonds. The summed E-state index contributed by atoms with van der Waals surface area (Å²) in [6.07, 6.45) is 9.37. The Balaban J connectivity index is 2.11. The summed E-state index contributed by atoms with van der Waals surface area (Å²) in [6, 6.07) is 4.93. The molecule has 0 spiro atoms. The van der Waals surface area contributed by atoms with Crippen molar-refractivity contribution >= 4 is 11.9 Å². The molecule has 11 nitrogen and oxygen atoms in total. The van der Waals surface area contributed by atoms with Crippen LogP contribution in [0.5, 0.6) is 5.75 Å². The number of hydrogen-bond acceptors (Lipinski definition) is 11. The fraction of sp³-hybridized carbons (Fsp3) is 0.333. The summed E-state index contributed by atoms with van der Waals surface area (Å²) in [7, 11) is 1.31. The van der Waals surface area contributed by atoms with Gasteiger partial charge in [-0.15, -0.1) is 0 Å². The smallest absolute Gasteiger partial charge is 0.342 e. The van der Waals surface area contributed by atoms with E-state index in [-0.39, 0.29) is 30.6 Å². The lowest BCUT2D eigenvalue weighted by atomic mass is 10.0. The highest BCUT2D eigenvalue weighted by molar-refractivity contribution is 5.94. The maximum Gasteiger partial charge on any atom is 0.342 e. The molecule has 0 saturated carbocycles.